The molecule has 3 aliphatic rings. The van der Waals surface area contributed by atoms with Crippen LogP contribution in [-0.4, -0.2) is 87.6 Å². The van der Waals surface area contributed by atoms with E-state index in [9.17, 15) is 0 Å². The van der Waals surface area contributed by atoms with Gasteiger partial charge in [0.25, 0.3) is 0 Å². The molecule has 1 atom stereocenters. The third kappa shape index (κ3) is 6.01. The summed E-state index contributed by atoms with van der Waals surface area (Å²) in [4.78, 5) is 7.01. The maximum absolute atomic E-state index is 5.69. The lowest BCUT2D eigenvalue weighted by Crippen LogP contribution is -2.60. The molecule has 0 aromatic heterocycles. The van der Waals surface area contributed by atoms with Gasteiger partial charge in [-0.05, 0) is 37.4 Å². The fourth-order valence-corrected chi connectivity index (χ4v) is 5.00. The van der Waals surface area contributed by atoms with Crippen molar-refractivity contribution in [1.82, 2.24) is 15.5 Å². The summed E-state index contributed by atoms with van der Waals surface area (Å²) in [7, 11) is 1.85. The molecular weight excluding hydrogens is 336 g/mol. The van der Waals surface area contributed by atoms with E-state index >= 15 is 0 Å². The van der Waals surface area contributed by atoms with Crippen molar-refractivity contribution >= 4 is 17.7 Å². The van der Waals surface area contributed by atoms with E-state index in [4.69, 9.17) is 9.47 Å². The van der Waals surface area contributed by atoms with Crippen LogP contribution < -0.4 is 10.6 Å². The number of nitrogens with one attached hydrogen (secondary N) is 2. The Morgan fingerprint density at radius 3 is 2.84 bits per heavy atom. The van der Waals surface area contributed by atoms with Crippen molar-refractivity contribution < 1.29 is 9.47 Å². The lowest BCUT2D eigenvalue weighted by Gasteiger charge is -2.43. The van der Waals surface area contributed by atoms with Gasteiger partial charge in [0.15, 0.2) is 5.96 Å². The monoisotopic (exact) mass is 370 g/mol. The fourth-order valence-electron chi connectivity index (χ4n) is 3.52. The second-order valence-electron chi connectivity index (χ2n) is 7.35. The summed E-state index contributed by atoms with van der Waals surface area (Å²) in [5, 5.41) is 7.00. The molecule has 0 radical (unpaired) electrons. The Bertz CT molecular complexity index is 419. The summed E-state index contributed by atoms with van der Waals surface area (Å²) in [5.74, 6) is 4.21. The van der Waals surface area contributed by atoms with Crippen LogP contribution in [0.2, 0.25) is 0 Å². The van der Waals surface area contributed by atoms with Crippen molar-refractivity contribution in [2.75, 3.05) is 71.2 Å². The number of nitrogens with zero attached hydrogens (tertiary/aromatic N) is 2. The van der Waals surface area contributed by atoms with Gasteiger partial charge < -0.3 is 20.1 Å². The highest BCUT2D eigenvalue weighted by Gasteiger charge is 2.40. The Morgan fingerprint density at radius 2 is 2.16 bits per heavy atom. The van der Waals surface area contributed by atoms with Gasteiger partial charge in [-0.25, -0.2) is 0 Å². The summed E-state index contributed by atoms with van der Waals surface area (Å²) < 4.78 is 11.2. The van der Waals surface area contributed by atoms with Crippen LogP contribution in [0.5, 0.6) is 0 Å². The molecule has 7 heteroatoms. The first-order chi connectivity index (χ1) is 12.3. The van der Waals surface area contributed by atoms with Gasteiger partial charge in [-0.3, -0.25) is 9.89 Å². The summed E-state index contributed by atoms with van der Waals surface area (Å²) in [6.45, 7) is 7.47. The van der Waals surface area contributed by atoms with E-state index in [-0.39, 0.29) is 5.54 Å². The first-order valence-corrected chi connectivity index (χ1v) is 10.9. The molecule has 6 nitrogen and oxygen atoms in total. The van der Waals surface area contributed by atoms with E-state index in [0.29, 0.717) is 0 Å². The van der Waals surface area contributed by atoms with E-state index in [1.54, 1.807) is 0 Å². The zero-order chi connectivity index (χ0) is 17.4. The zero-order valence-electron chi connectivity index (χ0n) is 15.6. The summed E-state index contributed by atoms with van der Waals surface area (Å²) in [5.41, 5.74) is 0.249. The van der Waals surface area contributed by atoms with Crippen molar-refractivity contribution in [1.29, 1.82) is 0 Å². The first-order valence-electron chi connectivity index (χ1n) is 9.75. The SMILES string of the molecule is CN=C(NCCCOCC1CC1)NCC1(N2CCOCC2)CCSC1. The molecule has 2 heterocycles. The normalized spacial score (nSPS) is 28.3. The Kier molecular flexibility index (Phi) is 7.70. The number of guanidine groups is 1. The van der Waals surface area contributed by atoms with Crippen LogP contribution in [0.15, 0.2) is 4.99 Å². The molecule has 3 rings (SSSR count). The van der Waals surface area contributed by atoms with Crippen LogP contribution in [-0.2, 0) is 9.47 Å². The molecule has 25 heavy (non-hydrogen) atoms. The van der Waals surface area contributed by atoms with Gasteiger partial charge in [-0.1, -0.05) is 0 Å². The summed E-state index contributed by atoms with van der Waals surface area (Å²) in [6.07, 6.45) is 4.99. The van der Waals surface area contributed by atoms with Crippen molar-refractivity contribution in [2.24, 2.45) is 10.9 Å². The number of hydrogen-bond donors (Lipinski definition) is 2. The van der Waals surface area contributed by atoms with Crippen LogP contribution in [0, 0.1) is 5.92 Å². The Morgan fingerprint density at radius 1 is 1.32 bits per heavy atom. The molecule has 0 aromatic carbocycles. The van der Waals surface area contributed by atoms with Gasteiger partial charge in [0.2, 0.25) is 0 Å². The molecule has 1 saturated carbocycles. The molecule has 0 amide bonds. The lowest BCUT2D eigenvalue weighted by atomic mass is 9.95. The molecule has 1 unspecified atom stereocenters. The number of rotatable bonds is 9. The maximum atomic E-state index is 5.69. The van der Waals surface area contributed by atoms with Crippen LogP contribution in [0.3, 0.4) is 0 Å². The maximum Gasteiger partial charge on any atom is 0.191 e. The van der Waals surface area contributed by atoms with Gasteiger partial charge in [-0.15, -0.1) is 0 Å². The molecule has 1 aliphatic carbocycles. The number of morpholine rings is 1. The third-order valence-electron chi connectivity index (χ3n) is 5.38. The summed E-state index contributed by atoms with van der Waals surface area (Å²) >= 11 is 2.07. The molecule has 2 N–H and O–H groups in total. The van der Waals surface area contributed by atoms with E-state index in [1.807, 2.05) is 7.05 Å². The minimum absolute atomic E-state index is 0.249. The van der Waals surface area contributed by atoms with Crippen molar-refractivity contribution in [2.45, 2.75) is 31.2 Å². The average Bonchev–Trinajstić information content (AvgIpc) is 3.36. The second kappa shape index (κ2) is 10.00. The molecule has 0 aromatic rings. The van der Waals surface area contributed by atoms with Crippen LogP contribution in [0.4, 0.5) is 0 Å². The zero-order valence-corrected chi connectivity index (χ0v) is 16.4. The molecule has 2 aliphatic heterocycles. The number of ether oxygens (including phenoxy) is 2. The molecule has 144 valence electrons. The van der Waals surface area contributed by atoms with Gasteiger partial charge in [0.1, 0.15) is 0 Å². The number of aliphatic imine (C=N–C) groups is 1. The Labute approximate surface area is 156 Å². The molecule has 3 fully saturated rings. The van der Waals surface area contributed by atoms with E-state index in [2.05, 4.69) is 32.3 Å². The highest BCUT2D eigenvalue weighted by molar-refractivity contribution is 7.99. The molecule has 2 saturated heterocycles. The number of thioether (sulfide) groups is 1. The fraction of sp³-hybridized carbons (Fsp3) is 0.944. The third-order valence-corrected chi connectivity index (χ3v) is 6.62. The molecule has 0 spiro atoms. The predicted molar refractivity (Wildman–Crippen MR) is 105 cm³/mol. The van der Waals surface area contributed by atoms with E-state index < -0.39 is 0 Å². The molecular formula is C18H34N4O2S. The second-order valence-corrected chi connectivity index (χ2v) is 8.46. The van der Waals surface area contributed by atoms with Gasteiger partial charge in [0, 0.05) is 57.7 Å². The van der Waals surface area contributed by atoms with Crippen molar-refractivity contribution in [3.05, 3.63) is 0 Å². The minimum atomic E-state index is 0.249. The van der Waals surface area contributed by atoms with Crippen LogP contribution in [0.25, 0.3) is 0 Å². The highest BCUT2D eigenvalue weighted by atomic mass is 32.2. The number of hydrogen-bond acceptors (Lipinski definition) is 5. The van der Waals surface area contributed by atoms with E-state index in [0.717, 1.165) is 70.9 Å². The van der Waals surface area contributed by atoms with Crippen molar-refractivity contribution in [3.8, 4) is 0 Å². The van der Waals surface area contributed by atoms with Gasteiger partial charge in [0.05, 0.1) is 13.2 Å². The average molecular weight is 371 g/mol. The lowest BCUT2D eigenvalue weighted by molar-refractivity contribution is -0.0120. The summed E-state index contributed by atoms with van der Waals surface area (Å²) in [6, 6.07) is 0. The minimum Gasteiger partial charge on any atom is -0.381 e. The van der Waals surface area contributed by atoms with E-state index in [1.165, 1.54) is 30.8 Å². The standard InChI is InChI=1S/C18H34N4O2S/c1-19-17(20-6-2-9-24-13-16-3-4-16)21-14-18(5-12-25-15-18)22-7-10-23-11-8-22/h16H,2-15H2,1H3,(H2,19,20,21). The van der Waals surface area contributed by atoms with Crippen molar-refractivity contribution in [3.63, 3.8) is 0 Å². The quantitative estimate of drug-likeness (QED) is 0.361. The van der Waals surface area contributed by atoms with Crippen LogP contribution >= 0.6 is 11.8 Å². The first kappa shape index (κ1) is 19.3. The predicted octanol–water partition coefficient (Wildman–Crippen LogP) is 1.18. The highest BCUT2D eigenvalue weighted by Crippen LogP contribution is 2.33. The van der Waals surface area contributed by atoms with Gasteiger partial charge >= 0.3 is 0 Å². The Hall–Kier alpha value is -0.500. The van der Waals surface area contributed by atoms with Gasteiger partial charge in [-0.2, -0.15) is 11.8 Å². The van der Waals surface area contributed by atoms with Crippen LogP contribution in [0.1, 0.15) is 25.7 Å². The largest absolute Gasteiger partial charge is 0.381 e. The smallest absolute Gasteiger partial charge is 0.191 e. The Balaban J connectivity index is 1.36. The topological polar surface area (TPSA) is 58.1 Å². The molecule has 0 bridgehead atoms.